The van der Waals surface area contributed by atoms with E-state index in [1.807, 2.05) is 17.6 Å². The molecule has 0 atom stereocenters. The molecule has 0 saturated heterocycles. The van der Waals surface area contributed by atoms with Crippen molar-refractivity contribution in [3.8, 4) is 10.6 Å². The number of fused-ring (bicyclic) bond motifs is 1. The molecular weight excluding hydrogens is 218 g/mol. The Hall–Kier alpha value is -1.61. The van der Waals surface area contributed by atoms with Crippen LogP contribution in [0.1, 0.15) is 12.7 Å². The van der Waals surface area contributed by atoms with E-state index >= 15 is 0 Å². The maximum absolute atomic E-state index is 5.67. The van der Waals surface area contributed by atoms with Crippen molar-refractivity contribution < 1.29 is 4.42 Å². The largest absolute Gasteiger partial charge is 0.461 e. The topological polar surface area (TPSA) is 26.0 Å². The molecule has 1 aromatic carbocycles. The van der Waals surface area contributed by atoms with Crippen molar-refractivity contribution in [3.63, 3.8) is 0 Å². The minimum Gasteiger partial charge on any atom is -0.461 e. The third-order valence-electron chi connectivity index (χ3n) is 2.60. The molecule has 0 aliphatic carbocycles. The first-order valence-electron chi connectivity index (χ1n) is 5.29. The zero-order valence-electron chi connectivity index (χ0n) is 8.93. The van der Waals surface area contributed by atoms with Crippen molar-refractivity contribution in [2.75, 3.05) is 0 Å². The molecule has 0 fully saturated rings. The lowest BCUT2D eigenvalue weighted by molar-refractivity contribution is 0.557. The fourth-order valence-corrected chi connectivity index (χ4v) is 2.41. The van der Waals surface area contributed by atoms with Gasteiger partial charge in [0.25, 0.3) is 0 Å². The number of hydrogen-bond donors (Lipinski definition) is 0. The predicted octanol–water partition coefficient (Wildman–Crippen LogP) is 4.12. The number of benzene rings is 1. The third kappa shape index (κ3) is 1.53. The number of aromatic nitrogens is 1. The first-order chi connectivity index (χ1) is 7.86. The number of furan rings is 1. The molecule has 0 aliphatic heterocycles. The van der Waals surface area contributed by atoms with Crippen LogP contribution in [0.5, 0.6) is 0 Å². The Morgan fingerprint density at radius 2 is 2.25 bits per heavy atom. The van der Waals surface area contributed by atoms with Crippen LogP contribution in [0.25, 0.3) is 21.5 Å². The molecule has 80 valence electrons. The molecule has 0 unspecified atom stereocenters. The molecule has 2 nitrogen and oxygen atoms in total. The molecule has 3 rings (SSSR count). The van der Waals surface area contributed by atoms with Crippen molar-refractivity contribution in [3.05, 3.63) is 41.6 Å². The molecule has 0 N–H and O–H groups in total. The van der Waals surface area contributed by atoms with Gasteiger partial charge in [-0.2, -0.15) is 0 Å². The number of thiazole rings is 1. The maximum atomic E-state index is 5.67. The number of aryl methyl sites for hydroxylation is 1. The summed E-state index contributed by atoms with van der Waals surface area (Å²) in [5.41, 5.74) is 2.11. The second kappa shape index (κ2) is 3.76. The Morgan fingerprint density at radius 1 is 1.31 bits per heavy atom. The normalized spacial score (nSPS) is 11.1. The van der Waals surface area contributed by atoms with Gasteiger partial charge in [0.1, 0.15) is 16.4 Å². The van der Waals surface area contributed by atoms with Crippen molar-refractivity contribution in [2.24, 2.45) is 0 Å². The van der Waals surface area contributed by atoms with E-state index < -0.39 is 0 Å². The molecule has 2 heterocycles. The van der Waals surface area contributed by atoms with E-state index in [1.165, 1.54) is 0 Å². The lowest BCUT2D eigenvalue weighted by Gasteiger charge is -1.95. The van der Waals surface area contributed by atoms with E-state index in [0.717, 1.165) is 33.7 Å². The second-order valence-corrected chi connectivity index (χ2v) is 4.55. The summed E-state index contributed by atoms with van der Waals surface area (Å²) >= 11 is 1.66. The summed E-state index contributed by atoms with van der Waals surface area (Å²) in [4.78, 5) is 4.31. The summed E-state index contributed by atoms with van der Waals surface area (Å²) in [7, 11) is 0. The highest BCUT2D eigenvalue weighted by Gasteiger charge is 2.05. The first-order valence-corrected chi connectivity index (χ1v) is 6.17. The molecule has 0 saturated carbocycles. The van der Waals surface area contributed by atoms with Gasteiger partial charge in [-0.1, -0.05) is 6.92 Å². The Labute approximate surface area is 97.6 Å². The molecule has 0 aliphatic rings. The van der Waals surface area contributed by atoms with Crippen LogP contribution in [-0.2, 0) is 6.42 Å². The number of nitrogens with zero attached hydrogens (tertiary/aromatic N) is 1. The van der Waals surface area contributed by atoms with Gasteiger partial charge in [0, 0.05) is 28.9 Å². The van der Waals surface area contributed by atoms with E-state index in [1.54, 1.807) is 11.3 Å². The van der Waals surface area contributed by atoms with Crippen LogP contribution in [0.15, 0.2) is 40.3 Å². The fraction of sp³-hybridized carbons (Fsp3) is 0.154. The number of rotatable bonds is 2. The quantitative estimate of drug-likeness (QED) is 0.660. The predicted molar refractivity (Wildman–Crippen MR) is 66.7 cm³/mol. The van der Waals surface area contributed by atoms with Gasteiger partial charge in [-0.05, 0) is 24.3 Å². The average molecular weight is 229 g/mol. The van der Waals surface area contributed by atoms with Gasteiger partial charge in [-0.25, -0.2) is 4.98 Å². The molecule has 0 amide bonds. The Morgan fingerprint density at radius 3 is 3.00 bits per heavy atom. The lowest BCUT2D eigenvalue weighted by Crippen LogP contribution is -1.74. The number of hydrogen-bond acceptors (Lipinski definition) is 3. The van der Waals surface area contributed by atoms with Crippen molar-refractivity contribution in [1.29, 1.82) is 0 Å². The first kappa shape index (κ1) is 9.60. The van der Waals surface area contributed by atoms with Crippen LogP contribution < -0.4 is 0 Å². The monoisotopic (exact) mass is 229 g/mol. The highest BCUT2D eigenvalue weighted by molar-refractivity contribution is 7.13. The van der Waals surface area contributed by atoms with Crippen LogP contribution >= 0.6 is 11.3 Å². The van der Waals surface area contributed by atoms with Crippen molar-refractivity contribution in [2.45, 2.75) is 13.3 Å². The SMILES string of the molecule is CCc1cc2cc(-c3nccs3)ccc2o1. The smallest absolute Gasteiger partial charge is 0.134 e. The van der Waals surface area contributed by atoms with Gasteiger partial charge in [0.15, 0.2) is 0 Å². The fourth-order valence-electron chi connectivity index (χ4n) is 1.77. The van der Waals surface area contributed by atoms with Crippen LogP contribution in [0, 0.1) is 0 Å². The highest BCUT2D eigenvalue weighted by Crippen LogP contribution is 2.27. The van der Waals surface area contributed by atoms with Crippen LogP contribution in [-0.4, -0.2) is 4.98 Å². The van der Waals surface area contributed by atoms with E-state index in [4.69, 9.17) is 4.42 Å². The standard InChI is InChI=1S/C13H11NOS/c1-2-11-8-10-7-9(3-4-12(10)15-11)13-14-5-6-16-13/h3-8H,2H2,1H3. The Balaban J connectivity index is 2.15. The molecule has 16 heavy (non-hydrogen) atoms. The van der Waals surface area contributed by atoms with E-state index in [0.29, 0.717) is 0 Å². The van der Waals surface area contributed by atoms with E-state index in [-0.39, 0.29) is 0 Å². The third-order valence-corrected chi connectivity index (χ3v) is 3.42. The summed E-state index contributed by atoms with van der Waals surface area (Å²) in [6.45, 7) is 2.10. The van der Waals surface area contributed by atoms with Gasteiger partial charge < -0.3 is 4.42 Å². The molecule has 3 aromatic rings. The van der Waals surface area contributed by atoms with Crippen molar-refractivity contribution in [1.82, 2.24) is 4.98 Å². The summed E-state index contributed by atoms with van der Waals surface area (Å²) < 4.78 is 5.67. The van der Waals surface area contributed by atoms with Gasteiger partial charge in [0.05, 0.1) is 0 Å². The summed E-state index contributed by atoms with van der Waals surface area (Å²) in [5, 5.41) is 4.21. The maximum Gasteiger partial charge on any atom is 0.134 e. The van der Waals surface area contributed by atoms with E-state index in [2.05, 4.69) is 30.1 Å². The van der Waals surface area contributed by atoms with Crippen molar-refractivity contribution >= 4 is 22.3 Å². The second-order valence-electron chi connectivity index (χ2n) is 3.66. The molecule has 0 bridgehead atoms. The Kier molecular flexibility index (Phi) is 2.26. The summed E-state index contributed by atoms with van der Waals surface area (Å²) in [5.74, 6) is 1.03. The minimum absolute atomic E-state index is 0.932. The molecule has 0 spiro atoms. The van der Waals surface area contributed by atoms with Gasteiger partial charge >= 0.3 is 0 Å². The van der Waals surface area contributed by atoms with Gasteiger partial charge in [0.2, 0.25) is 0 Å². The average Bonchev–Trinajstić information content (AvgIpc) is 2.96. The zero-order chi connectivity index (χ0) is 11.0. The molecular formula is C13H11NOS. The van der Waals surface area contributed by atoms with E-state index in [9.17, 15) is 0 Å². The highest BCUT2D eigenvalue weighted by atomic mass is 32.1. The zero-order valence-corrected chi connectivity index (χ0v) is 9.75. The molecule has 3 heteroatoms. The van der Waals surface area contributed by atoms with Gasteiger partial charge in [-0.15, -0.1) is 11.3 Å². The van der Waals surface area contributed by atoms with Gasteiger partial charge in [-0.3, -0.25) is 0 Å². The summed E-state index contributed by atoms with van der Waals surface area (Å²) in [6.07, 6.45) is 2.76. The van der Waals surface area contributed by atoms with Crippen LogP contribution in [0.2, 0.25) is 0 Å². The Bertz CT molecular complexity index is 610. The molecule has 0 radical (unpaired) electrons. The lowest BCUT2D eigenvalue weighted by atomic mass is 10.1. The summed E-state index contributed by atoms with van der Waals surface area (Å²) in [6, 6.07) is 8.32. The minimum atomic E-state index is 0.932. The van der Waals surface area contributed by atoms with Crippen LogP contribution in [0.3, 0.4) is 0 Å². The van der Waals surface area contributed by atoms with Crippen LogP contribution in [0.4, 0.5) is 0 Å². The molecule has 2 aromatic heterocycles.